The van der Waals surface area contributed by atoms with Crippen molar-refractivity contribution in [2.24, 2.45) is 0 Å². The van der Waals surface area contributed by atoms with Crippen LogP contribution in [0.3, 0.4) is 0 Å². The molecular formula is C7H12O3S. The van der Waals surface area contributed by atoms with Crippen molar-refractivity contribution < 1.29 is 14.3 Å². The van der Waals surface area contributed by atoms with Crippen molar-refractivity contribution in [2.45, 2.75) is 13.3 Å². The van der Waals surface area contributed by atoms with E-state index in [2.05, 4.69) is 0 Å². The molecule has 0 aromatic rings. The van der Waals surface area contributed by atoms with Crippen LogP contribution in [-0.4, -0.2) is 30.4 Å². The topological polar surface area (TPSA) is 43.4 Å². The average molecular weight is 176 g/mol. The van der Waals surface area contributed by atoms with Gasteiger partial charge in [0.15, 0.2) is 0 Å². The lowest BCUT2D eigenvalue weighted by molar-refractivity contribution is -0.140. The van der Waals surface area contributed by atoms with Crippen LogP contribution in [0.1, 0.15) is 13.3 Å². The molecule has 0 saturated heterocycles. The van der Waals surface area contributed by atoms with Crippen LogP contribution in [0.2, 0.25) is 0 Å². The Bertz CT molecular complexity index is 125. The standard InChI is InChI=1S/C7H12O3S/c1-2-4-10-7(9)6-11-5-3-8/h3H,2,4-6H2,1H3. The molecule has 0 rings (SSSR count). The molecular weight excluding hydrogens is 164 g/mol. The molecule has 4 heteroatoms. The zero-order valence-electron chi connectivity index (χ0n) is 6.54. The third-order valence-electron chi connectivity index (χ3n) is 0.873. The molecule has 11 heavy (non-hydrogen) atoms. The highest BCUT2D eigenvalue weighted by atomic mass is 32.2. The van der Waals surface area contributed by atoms with E-state index in [9.17, 15) is 9.59 Å². The normalized spacial score (nSPS) is 9.18. The van der Waals surface area contributed by atoms with Crippen LogP contribution in [0.4, 0.5) is 0 Å². The fraction of sp³-hybridized carbons (Fsp3) is 0.714. The summed E-state index contributed by atoms with van der Waals surface area (Å²) in [6, 6.07) is 0. The van der Waals surface area contributed by atoms with E-state index in [1.165, 1.54) is 11.8 Å². The first-order valence-corrected chi connectivity index (χ1v) is 4.63. The lowest BCUT2D eigenvalue weighted by atomic mass is 10.5. The van der Waals surface area contributed by atoms with Gasteiger partial charge in [0.1, 0.15) is 6.29 Å². The van der Waals surface area contributed by atoms with Crippen LogP contribution in [0, 0.1) is 0 Å². The van der Waals surface area contributed by atoms with E-state index in [0.717, 1.165) is 12.7 Å². The molecule has 0 amide bonds. The predicted molar refractivity (Wildman–Crippen MR) is 44.6 cm³/mol. The molecule has 0 aliphatic carbocycles. The van der Waals surface area contributed by atoms with Crippen LogP contribution in [0.25, 0.3) is 0 Å². The molecule has 0 fully saturated rings. The highest BCUT2D eigenvalue weighted by Gasteiger charge is 2.00. The minimum atomic E-state index is -0.237. The van der Waals surface area contributed by atoms with Crippen molar-refractivity contribution in [3.05, 3.63) is 0 Å². The first kappa shape index (κ1) is 10.5. The average Bonchev–Trinajstić information content (AvgIpc) is 2.01. The number of esters is 1. The minimum Gasteiger partial charge on any atom is -0.465 e. The first-order chi connectivity index (χ1) is 5.31. The maximum atomic E-state index is 10.7. The minimum absolute atomic E-state index is 0.237. The summed E-state index contributed by atoms with van der Waals surface area (Å²) in [7, 11) is 0. The van der Waals surface area contributed by atoms with Gasteiger partial charge in [0, 0.05) is 5.75 Å². The molecule has 0 bridgehead atoms. The van der Waals surface area contributed by atoms with Crippen molar-refractivity contribution in [3.63, 3.8) is 0 Å². The second-order valence-corrected chi connectivity index (χ2v) is 2.93. The molecule has 0 aliphatic rings. The fourth-order valence-electron chi connectivity index (χ4n) is 0.448. The van der Waals surface area contributed by atoms with E-state index in [-0.39, 0.29) is 11.7 Å². The van der Waals surface area contributed by atoms with Gasteiger partial charge < -0.3 is 9.53 Å². The molecule has 0 N–H and O–H groups in total. The summed E-state index contributed by atoms with van der Waals surface area (Å²) in [4.78, 5) is 20.5. The van der Waals surface area contributed by atoms with Crippen molar-refractivity contribution in [2.75, 3.05) is 18.1 Å². The maximum Gasteiger partial charge on any atom is 0.315 e. The largest absolute Gasteiger partial charge is 0.465 e. The summed E-state index contributed by atoms with van der Waals surface area (Å²) < 4.78 is 4.76. The van der Waals surface area contributed by atoms with Crippen molar-refractivity contribution in [1.82, 2.24) is 0 Å². The zero-order valence-corrected chi connectivity index (χ0v) is 7.36. The summed E-state index contributed by atoms with van der Waals surface area (Å²) in [5.41, 5.74) is 0. The Kier molecular flexibility index (Phi) is 7.24. The Labute approximate surface area is 70.5 Å². The maximum absolute atomic E-state index is 10.7. The van der Waals surface area contributed by atoms with Gasteiger partial charge in [-0.1, -0.05) is 6.92 Å². The molecule has 0 saturated carbocycles. The SMILES string of the molecule is CCCOC(=O)CSCC=O. The number of ether oxygens (including phenoxy) is 1. The van der Waals surface area contributed by atoms with Gasteiger partial charge in [-0.3, -0.25) is 4.79 Å². The van der Waals surface area contributed by atoms with Gasteiger partial charge in [0.25, 0.3) is 0 Å². The molecule has 0 aromatic carbocycles. The van der Waals surface area contributed by atoms with Crippen LogP contribution in [-0.2, 0) is 14.3 Å². The van der Waals surface area contributed by atoms with E-state index < -0.39 is 0 Å². The molecule has 0 spiro atoms. The number of hydrogen-bond acceptors (Lipinski definition) is 4. The van der Waals surface area contributed by atoms with E-state index >= 15 is 0 Å². The van der Waals surface area contributed by atoms with Crippen molar-refractivity contribution in [3.8, 4) is 0 Å². The van der Waals surface area contributed by atoms with E-state index in [1.807, 2.05) is 6.92 Å². The number of thioether (sulfide) groups is 1. The third kappa shape index (κ3) is 7.39. The van der Waals surface area contributed by atoms with E-state index in [1.54, 1.807) is 0 Å². The van der Waals surface area contributed by atoms with Gasteiger partial charge in [-0.25, -0.2) is 0 Å². The smallest absolute Gasteiger partial charge is 0.315 e. The first-order valence-electron chi connectivity index (χ1n) is 3.48. The molecule has 0 unspecified atom stereocenters. The fourth-order valence-corrected chi connectivity index (χ4v) is 0.912. The summed E-state index contributed by atoms with van der Waals surface area (Å²) >= 11 is 1.27. The lowest BCUT2D eigenvalue weighted by Gasteiger charge is -2.00. The van der Waals surface area contributed by atoms with Crippen molar-refractivity contribution >= 4 is 24.0 Å². The number of rotatable bonds is 6. The van der Waals surface area contributed by atoms with Gasteiger partial charge >= 0.3 is 5.97 Å². The van der Waals surface area contributed by atoms with Crippen LogP contribution >= 0.6 is 11.8 Å². The number of aldehydes is 1. The number of carbonyl (C=O) groups excluding carboxylic acids is 2. The third-order valence-corrected chi connectivity index (χ3v) is 1.68. The van der Waals surface area contributed by atoms with Gasteiger partial charge in [0.2, 0.25) is 0 Å². The molecule has 3 nitrogen and oxygen atoms in total. The van der Waals surface area contributed by atoms with Crippen molar-refractivity contribution in [1.29, 1.82) is 0 Å². The van der Waals surface area contributed by atoms with Gasteiger partial charge in [-0.05, 0) is 6.42 Å². The summed E-state index contributed by atoms with van der Waals surface area (Å²) in [5.74, 6) is 0.402. The van der Waals surface area contributed by atoms with Gasteiger partial charge in [-0.15, -0.1) is 11.8 Å². The molecule has 0 atom stereocenters. The predicted octanol–water partition coefficient (Wildman–Crippen LogP) is 0.872. The highest BCUT2D eigenvalue weighted by molar-refractivity contribution is 8.00. The van der Waals surface area contributed by atoms with Gasteiger partial charge in [0.05, 0.1) is 12.4 Å². The molecule has 0 aliphatic heterocycles. The summed E-state index contributed by atoms with van der Waals surface area (Å²) in [6.07, 6.45) is 1.61. The Morgan fingerprint density at radius 2 is 2.36 bits per heavy atom. The lowest BCUT2D eigenvalue weighted by Crippen LogP contribution is -2.08. The summed E-state index contributed by atoms with van der Waals surface area (Å²) in [6.45, 7) is 2.41. The quantitative estimate of drug-likeness (QED) is 0.342. The van der Waals surface area contributed by atoms with Crippen LogP contribution < -0.4 is 0 Å². The Hall–Kier alpha value is -0.510. The molecule has 0 aromatic heterocycles. The summed E-state index contributed by atoms with van der Waals surface area (Å²) in [5, 5.41) is 0. The van der Waals surface area contributed by atoms with Crippen LogP contribution in [0.15, 0.2) is 0 Å². The Morgan fingerprint density at radius 1 is 1.64 bits per heavy atom. The second kappa shape index (κ2) is 7.60. The van der Waals surface area contributed by atoms with E-state index in [4.69, 9.17) is 4.74 Å². The molecule has 64 valence electrons. The second-order valence-electron chi connectivity index (χ2n) is 1.90. The monoisotopic (exact) mass is 176 g/mol. The van der Waals surface area contributed by atoms with Gasteiger partial charge in [-0.2, -0.15) is 0 Å². The van der Waals surface area contributed by atoms with E-state index in [0.29, 0.717) is 12.4 Å². The molecule has 0 heterocycles. The van der Waals surface area contributed by atoms with Crippen LogP contribution in [0.5, 0.6) is 0 Å². The highest BCUT2D eigenvalue weighted by Crippen LogP contribution is 1.98. The Balaban J connectivity index is 3.15. The number of hydrogen-bond donors (Lipinski definition) is 0. The number of carbonyl (C=O) groups is 2. The molecule has 0 radical (unpaired) electrons. The zero-order chi connectivity index (χ0) is 8.53. The Morgan fingerprint density at radius 3 is 2.91 bits per heavy atom.